The Bertz CT molecular complexity index is 248. The molecule has 1 rings (SSSR count). The fourth-order valence-corrected chi connectivity index (χ4v) is 2.87. The lowest BCUT2D eigenvalue weighted by molar-refractivity contribution is -0.153. The Morgan fingerprint density at radius 3 is 2.42 bits per heavy atom. The van der Waals surface area contributed by atoms with Gasteiger partial charge in [-0.15, -0.1) is 0 Å². The predicted octanol–water partition coefficient (Wildman–Crippen LogP) is 2.06. The van der Waals surface area contributed by atoms with E-state index in [2.05, 4.69) is 18.7 Å². The first kappa shape index (κ1) is 16.4. The Balaban J connectivity index is 2.32. The summed E-state index contributed by atoms with van der Waals surface area (Å²) in [5, 5.41) is 9.44. The number of carbonyl (C=O) groups excluding carboxylic acids is 1. The molecule has 1 atom stereocenters. The van der Waals surface area contributed by atoms with Gasteiger partial charge in [0.1, 0.15) is 6.61 Å². The van der Waals surface area contributed by atoms with E-state index in [1.54, 1.807) is 0 Å². The molecule has 0 aromatic rings. The van der Waals surface area contributed by atoms with Gasteiger partial charge in [0.25, 0.3) is 0 Å². The molecule has 0 radical (unpaired) electrons. The largest absolute Gasteiger partial charge is 0.464 e. The summed E-state index contributed by atoms with van der Waals surface area (Å²) in [6.45, 7) is 7.29. The summed E-state index contributed by atoms with van der Waals surface area (Å²) in [6.07, 6.45) is 5.71. The van der Waals surface area contributed by atoms with Crippen LogP contribution < -0.4 is 0 Å². The van der Waals surface area contributed by atoms with Gasteiger partial charge in [0.15, 0.2) is 0 Å². The van der Waals surface area contributed by atoms with Crippen LogP contribution in [0, 0.1) is 11.8 Å². The highest BCUT2D eigenvalue weighted by Gasteiger charge is 2.30. The van der Waals surface area contributed by atoms with Gasteiger partial charge in [0.2, 0.25) is 0 Å². The minimum atomic E-state index is -0.308. The summed E-state index contributed by atoms with van der Waals surface area (Å²) in [5.41, 5.74) is 0. The summed E-state index contributed by atoms with van der Waals surface area (Å²) in [7, 11) is 0. The number of esters is 1. The van der Waals surface area contributed by atoms with E-state index in [0.717, 1.165) is 32.5 Å². The Morgan fingerprint density at radius 2 is 1.89 bits per heavy atom. The van der Waals surface area contributed by atoms with Crippen molar-refractivity contribution in [1.82, 2.24) is 4.90 Å². The highest BCUT2D eigenvalue weighted by Crippen LogP contribution is 2.30. The van der Waals surface area contributed by atoms with Crippen molar-refractivity contribution in [2.24, 2.45) is 11.8 Å². The van der Waals surface area contributed by atoms with Gasteiger partial charge in [-0.05, 0) is 31.8 Å². The van der Waals surface area contributed by atoms with Gasteiger partial charge in [0.05, 0.1) is 12.5 Å². The molecule has 4 nitrogen and oxygen atoms in total. The molecule has 1 N–H and O–H groups in total. The molecule has 1 unspecified atom stereocenters. The molecule has 0 spiro atoms. The van der Waals surface area contributed by atoms with Crippen molar-refractivity contribution in [1.29, 1.82) is 0 Å². The number of nitrogens with zero attached hydrogens (tertiary/aromatic N) is 1. The maximum Gasteiger partial charge on any atom is 0.311 e. The number of likely N-dealkylation sites (N-methyl/N-ethyl adjacent to an activating group) is 1. The number of ether oxygens (including phenoxy) is 1. The van der Waals surface area contributed by atoms with Crippen LogP contribution >= 0.6 is 0 Å². The summed E-state index contributed by atoms with van der Waals surface area (Å²) >= 11 is 0. The third kappa shape index (κ3) is 5.49. The van der Waals surface area contributed by atoms with Crippen LogP contribution in [0.25, 0.3) is 0 Å². The van der Waals surface area contributed by atoms with E-state index in [1.165, 1.54) is 19.3 Å². The molecule has 0 saturated heterocycles. The first-order valence-corrected chi connectivity index (χ1v) is 7.72. The van der Waals surface area contributed by atoms with Crippen LogP contribution in [0.1, 0.15) is 46.0 Å². The molecule has 112 valence electrons. The quantitative estimate of drug-likeness (QED) is 0.687. The molecular formula is C15H29NO3. The monoisotopic (exact) mass is 271 g/mol. The van der Waals surface area contributed by atoms with E-state index >= 15 is 0 Å². The highest BCUT2D eigenvalue weighted by atomic mass is 16.5. The van der Waals surface area contributed by atoms with Crippen molar-refractivity contribution in [2.45, 2.75) is 46.0 Å². The standard InChI is InChI=1S/C15H29NO3/c1-3-16(4-2)10-11-19-15(18)14(12-17)13-8-6-5-7-9-13/h13-14,17H,3-12H2,1-2H3. The van der Waals surface area contributed by atoms with Crippen LogP contribution in [0.15, 0.2) is 0 Å². The molecule has 19 heavy (non-hydrogen) atoms. The molecule has 0 bridgehead atoms. The number of rotatable bonds is 8. The van der Waals surface area contributed by atoms with Gasteiger partial charge in [-0.3, -0.25) is 4.79 Å². The van der Waals surface area contributed by atoms with Crippen molar-refractivity contribution >= 4 is 5.97 Å². The lowest BCUT2D eigenvalue weighted by Gasteiger charge is -2.27. The summed E-state index contributed by atoms with van der Waals surface area (Å²) in [5.74, 6) is -0.196. The molecule has 1 saturated carbocycles. The van der Waals surface area contributed by atoms with Gasteiger partial charge >= 0.3 is 5.97 Å². The van der Waals surface area contributed by atoms with Gasteiger partial charge in [-0.1, -0.05) is 33.1 Å². The number of hydrogen-bond acceptors (Lipinski definition) is 4. The smallest absolute Gasteiger partial charge is 0.311 e. The summed E-state index contributed by atoms with van der Waals surface area (Å²) < 4.78 is 5.34. The molecule has 0 aromatic heterocycles. The number of carbonyl (C=O) groups is 1. The molecule has 0 heterocycles. The SMILES string of the molecule is CCN(CC)CCOC(=O)C(CO)C1CCCCC1. The zero-order valence-corrected chi connectivity index (χ0v) is 12.4. The zero-order chi connectivity index (χ0) is 14.1. The molecule has 1 aliphatic rings. The first-order valence-electron chi connectivity index (χ1n) is 7.72. The second kappa shape index (κ2) is 9.32. The fraction of sp³-hybridized carbons (Fsp3) is 0.933. The summed E-state index contributed by atoms with van der Waals surface area (Å²) in [4.78, 5) is 14.3. The Morgan fingerprint density at radius 1 is 1.26 bits per heavy atom. The second-order valence-electron chi connectivity index (χ2n) is 5.38. The van der Waals surface area contributed by atoms with Crippen LogP contribution in [0.3, 0.4) is 0 Å². The topological polar surface area (TPSA) is 49.8 Å². The number of hydrogen-bond donors (Lipinski definition) is 1. The molecule has 4 heteroatoms. The highest BCUT2D eigenvalue weighted by molar-refractivity contribution is 5.73. The molecule has 1 aliphatic carbocycles. The zero-order valence-electron chi connectivity index (χ0n) is 12.4. The van der Waals surface area contributed by atoms with Crippen molar-refractivity contribution < 1.29 is 14.6 Å². The third-order valence-corrected chi connectivity index (χ3v) is 4.26. The molecular weight excluding hydrogens is 242 g/mol. The molecule has 0 aromatic carbocycles. The van der Waals surface area contributed by atoms with Crippen LogP contribution in [0.4, 0.5) is 0 Å². The van der Waals surface area contributed by atoms with Crippen LogP contribution in [0.5, 0.6) is 0 Å². The van der Waals surface area contributed by atoms with Crippen molar-refractivity contribution in [3.05, 3.63) is 0 Å². The van der Waals surface area contributed by atoms with E-state index in [4.69, 9.17) is 4.74 Å². The minimum Gasteiger partial charge on any atom is -0.464 e. The van der Waals surface area contributed by atoms with E-state index in [0.29, 0.717) is 12.5 Å². The normalized spacial score (nSPS) is 18.5. The maximum atomic E-state index is 12.0. The van der Waals surface area contributed by atoms with E-state index in [-0.39, 0.29) is 18.5 Å². The van der Waals surface area contributed by atoms with Gasteiger partial charge in [0, 0.05) is 6.54 Å². The molecule has 1 fully saturated rings. The average Bonchev–Trinajstić information content (AvgIpc) is 2.45. The number of aliphatic hydroxyl groups is 1. The first-order chi connectivity index (χ1) is 9.22. The van der Waals surface area contributed by atoms with Crippen LogP contribution in [-0.4, -0.2) is 48.8 Å². The Kier molecular flexibility index (Phi) is 8.07. The Labute approximate surface area is 117 Å². The van der Waals surface area contributed by atoms with E-state index < -0.39 is 0 Å². The van der Waals surface area contributed by atoms with Crippen molar-refractivity contribution in [3.63, 3.8) is 0 Å². The van der Waals surface area contributed by atoms with Crippen molar-refractivity contribution in [3.8, 4) is 0 Å². The van der Waals surface area contributed by atoms with Gasteiger partial charge < -0.3 is 14.7 Å². The van der Waals surface area contributed by atoms with Crippen LogP contribution in [-0.2, 0) is 9.53 Å². The number of aliphatic hydroxyl groups excluding tert-OH is 1. The van der Waals surface area contributed by atoms with Gasteiger partial charge in [-0.25, -0.2) is 0 Å². The Hall–Kier alpha value is -0.610. The third-order valence-electron chi connectivity index (χ3n) is 4.26. The van der Waals surface area contributed by atoms with Gasteiger partial charge in [-0.2, -0.15) is 0 Å². The molecule has 0 aliphatic heterocycles. The van der Waals surface area contributed by atoms with E-state index in [9.17, 15) is 9.90 Å². The fourth-order valence-electron chi connectivity index (χ4n) is 2.87. The second-order valence-corrected chi connectivity index (χ2v) is 5.38. The van der Waals surface area contributed by atoms with Crippen molar-refractivity contribution in [2.75, 3.05) is 32.8 Å². The van der Waals surface area contributed by atoms with E-state index in [1.807, 2.05) is 0 Å². The molecule has 0 amide bonds. The summed E-state index contributed by atoms with van der Waals surface area (Å²) in [6, 6.07) is 0. The average molecular weight is 271 g/mol. The van der Waals surface area contributed by atoms with Crippen LogP contribution in [0.2, 0.25) is 0 Å². The maximum absolute atomic E-state index is 12.0. The lowest BCUT2D eigenvalue weighted by atomic mass is 9.80. The lowest BCUT2D eigenvalue weighted by Crippen LogP contribution is -2.33. The minimum absolute atomic E-state index is 0.0746. The predicted molar refractivity (Wildman–Crippen MR) is 75.9 cm³/mol.